The van der Waals surface area contributed by atoms with Gasteiger partial charge in [-0.2, -0.15) is 0 Å². The zero-order chi connectivity index (χ0) is 6.81. The molecule has 4 heteroatoms. The van der Waals surface area contributed by atoms with Crippen LogP contribution in [0.3, 0.4) is 0 Å². The summed E-state index contributed by atoms with van der Waals surface area (Å²) in [5, 5.41) is 3.65. The lowest BCUT2D eigenvalue weighted by atomic mass is 10.4. The quantitative estimate of drug-likeness (QED) is 0.593. The van der Waals surface area contributed by atoms with Gasteiger partial charge in [-0.1, -0.05) is 5.16 Å². The summed E-state index contributed by atoms with van der Waals surface area (Å²) in [4.78, 5) is 3.73. The first-order valence-electron chi connectivity index (χ1n) is 2.76. The lowest BCUT2D eigenvalue weighted by Gasteiger charge is -1.80. The van der Waals surface area contributed by atoms with Crippen molar-refractivity contribution in [2.45, 2.75) is 0 Å². The highest BCUT2D eigenvalue weighted by Crippen LogP contribution is 2.14. The lowest BCUT2D eigenvalue weighted by molar-refractivity contribution is 0.419. The smallest absolute Gasteiger partial charge is 0.181 e. The van der Waals surface area contributed by atoms with E-state index >= 15 is 0 Å². The van der Waals surface area contributed by atoms with Crippen LogP contribution in [0.25, 0.3) is 11.5 Å². The van der Waals surface area contributed by atoms with Gasteiger partial charge >= 0.3 is 0 Å². The van der Waals surface area contributed by atoms with Gasteiger partial charge in [0.15, 0.2) is 17.8 Å². The largest absolute Gasteiger partial charge is 0.442 e. The first-order chi connectivity index (χ1) is 4.97. The van der Waals surface area contributed by atoms with Gasteiger partial charge in [-0.05, 0) is 0 Å². The van der Waals surface area contributed by atoms with Gasteiger partial charge in [0, 0.05) is 6.07 Å². The Morgan fingerprint density at radius 1 is 1.40 bits per heavy atom. The third-order valence-electron chi connectivity index (χ3n) is 1.12. The second-order valence-electron chi connectivity index (χ2n) is 1.75. The van der Waals surface area contributed by atoms with Crippen LogP contribution in [-0.4, -0.2) is 10.1 Å². The average Bonchev–Trinajstić information content (AvgIpc) is 2.59. The Balaban J connectivity index is 2.48. The van der Waals surface area contributed by atoms with Gasteiger partial charge in [0.1, 0.15) is 6.26 Å². The molecular weight excluding hydrogens is 132 g/mol. The molecule has 0 N–H and O–H groups in total. The van der Waals surface area contributed by atoms with Crippen molar-refractivity contribution in [3.8, 4) is 11.5 Å². The monoisotopic (exact) mass is 136 g/mol. The first kappa shape index (κ1) is 5.22. The van der Waals surface area contributed by atoms with Crippen LogP contribution in [0.1, 0.15) is 0 Å². The minimum Gasteiger partial charge on any atom is -0.442 e. The van der Waals surface area contributed by atoms with E-state index in [-0.39, 0.29) is 0 Å². The third kappa shape index (κ3) is 0.699. The van der Waals surface area contributed by atoms with Crippen molar-refractivity contribution >= 4 is 0 Å². The van der Waals surface area contributed by atoms with Gasteiger partial charge in [0.25, 0.3) is 0 Å². The van der Waals surface area contributed by atoms with Crippen LogP contribution in [0.4, 0.5) is 0 Å². The molecule has 2 rings (SSSR count). The van der Waals surface area contributed by atoms with Crippen LogP contribution >= 0.6 is 0 Å². The fourth-order valence-electron chi connectivity index (χ4n) is 0.682. The van der Waals surface area contributed by atoms with Gasteiger partial charge in [0.2, 0.25) is 0 Å². The molecule has 10 heavy (non-hydrogen) atoms. The maximum atomic E-state index is 4.94. The van der Waals surface area contributed by atoms with Crippen molar-refractivity contribution in [3.63, 3.8) is 0 Å². The molecule has 0 saturated heterocycles. The summed E-state index contributed by atoms with van der Waals surface area (Å²) in [6.45, 7) is 0. The molecule has 0 aromatic carbocycles. The first-order valence-corrected chi connectivity index (χ1v) is 2.76. The SMILES string of the molecule is c1cc(-c2cnco2)no1. The number of nitrogens with zero attached hydrogens (tertiary/aromatic N) is 2. The molecule has 0 fully saturated rings. The molecule has 2 aromatic rings. The van der Waals surface area contributed by atoms with E-state index in [4.69, 9.17) is 4.42 Å². The number of rotatable bonds is 1. The lowest BCUT2D eigenvalue weighted by Crippen LogP contribution is -1.68. The fourth-order valence-corrected chi connectivity index (χ4v) is 0.682. The molecule has 2 heterocycles. The molecule has 0 amide bonds. The summed E-state index contributed by atoms with van der Waals surface area (Å²) in [7, 11) is 0. The Hall–Kier alpha value is -1.58. The summed E-state index contributed by atoms with van der Waals surface area (Å²) >= 11 is 0. The molecule has 0 aliphatic rings. The summed E-state index contributed by atoms with van der Waals surface area (Å²) in [5.74, 6) is 0.619. The Labute approximate surface area is 56.5 Å². The van der Waals surface area contributed by atoms with Crippen molar-refractivity contribution in [2.24, 2.45) is 0 Å². The van der Waals surface area contributed by atoms with Crippen LogP contribution in [-0.2, 0) is 0 Å². The highest BCUT2D eigenvalue weighted by atomic mass is 16.5. The highest BCUT2D eigenvalue weighted by Gasteiger charge is 2.02. The summed E-state index contributed by atoms with van der Waals surface area (Å²) in [5.41, 5.74) is 0.664. The predicted molar refractivity (Wildman–Crippen MR) is 32.0 cm³/mol. The Morgan fingerprint density at radius 3 is 3.00 bits per heavy atom. The summed E-state index contributed by atoms with van der Waals surface area (Å²) < 4.78 is 9.54. The maximum absolute atomic E-state index is 4.94. The van der Waals surface area contributed by atoms with Crippen LogP contribution in [0.15, 0.2) is 33.9 Å². The van der Waals surface area contributed by atoms with E-state index in [9.17, 15) is 0 Å². The molecule has 0 aliphatic heterocycles. The van der Waals surface area contributed by atoms with Gasteiger partial charge in [-0.25, -0.2) is 4.98 Å². The van der Waals surface area contributed by atoms with Crippen molar-refractivity contribution in [1.29, 1.82) is 0 Å². The van der Waals surface area contributed by atoms with Crippen molar-refractivity contribution in [1.82, 2.24) is 10.1 Å². The van der Waals surface area contributed by atoms with Crippen LogP contribution in [0.2, 0.25) is 0 Å². The van der Waals surface area contributed by atoms with Gasteiger partial charge in [0.05, 0.1) is 6.20 Å². The van der Waals surface area contributed by atoms with E-state index in [0.29, 0.717) is 11.5 Å². The third-order valence-corrected chi connectivity index (χ3v) is 1.12. The van der Waals surface area contributed by atoms with Gasteiger partial charge in [-0.3, -0.25) is 0 Å². The number of hydrogen-bond donors (Lipinski definition) is 0. The van der Waals surface area contributed by atoms with Crippen LogP contribution < -0.4 is 0 Å². The van der Waals surface area contributed by atoms with E-state index < -0.39 is 0 Å². The highest BCUT2D eigenvalue weighted by molar-refractivity contribution is 5.48. The minimum absolute atomic E-state index is 0.619. The molecule has 2 aromatic heterocycles. The van der Waals surface area contributed by atoms with Crippen LogP contribution in [0, 0.1) is 0 Å². The molecule has 0 bridgehead atoms. The number of aromatic nitrogens is 2. The van der Waals surface area contributed by atoms with Crippen molar-refractivity contribution < 1.29 is 8.94 Å². The van der Waals surface area contributed by atoms with Gasteiger partial charge < -0.3 is 8.94 Å². The molecule has 0 radical (unpaired) electrons. The predicted octanol–water partition coefficient (Wildman–Crippen LogP) is 1.33. The molecule has 0 spiro atoms. The minimum atomic E-state index is 0.619. The van der Waals surface area contributed by atoms with E-state index in [1.165, 1.54) is 12.7 Å². The second kappa shape index (κ2) is 1.98. The van der Waals surface area contributed by atoms with E-state index in [1.54, 1.807) is 12.3 Å². The number of hydrogen-bond acceptors (Lipinski definition) is 4. The van der Waals surface area contributed by atoms with E-state index in [1.807, 2.05) is 0 Å². The van der Waals surface area contributed by atoms with Crippen LogP contribution in [0.5, 0.6) is 0 Å². The van der Waals surface area contributed by atoms with Gasteiger partial charge in [-0.15, -0.1) is 0 Å². The molecule has 4 nitrogen and oxygen atoms in total. The summed E-state index contributed by atoms with van der Waals surface area (Å²) in [6, 6.07) is 1.71. The Bertz CT molecular complexity index is 253. The zero-order valence-electron chi connectivity index (χ0n) is 5.02. The Kier molecular flexibility index (Phi) is 1.04. The number of oxazole rings is 1. The molecule has 50 valence electrons. The van der Waals surface area contributed by atoms with E-state index in [0.717, 1.165) is 0 Å². The van der Waals surface area contributed by atoms with Crippen molar-refractivity contribution in [3.05, 3.63) is 24.9 Å². The maximum Gasteiger partial charge on any atom is 0.181 e. The van der Waals surface area contributed by atoms with Crippen molar-refractivity contribution in [2.75, 3.05) is 0 Å². The van der Waals surface area contributed by atoms with E-state index in [2.05, 4.69) is 14.7 Å². The average molecular weight is 136 g/mol. The topological polar surface area (TPSA) is 52.1 Å². The summed E-state index contributed by atoms with van der Waals surface area (Å²) in [6.07, 6.45) is 4.42. The molecule has 0 saturated carbocycles. The normalized spacial score (nSPS) is 10.0. The molecule has 0 unspecified atom stereocenters. The zero-order valence-corrected chi connectivity index (χ0v) is 5.02. The second-order valence-corrected chi connectivity index (χ2v) is 1.75. The standard InChI is InChI=1S/C6H4N2O2/c1-2-10-8-5(1)6-3-7-4-9-6/h1-4H. The molecular formula is C6H4N2O2. The molecule has 0 atom stereocenters. The molecule has 0 aliphatic carbocycles. The fraction of sp³-hybridized carbons (Fsp3) is 0. The Morgan fingerprint density at radius 2 is 2.40 bits per heavy atom.